The predicted octanol–water partition coefficient (Wildman–Crippen LogP) is 0.751. The Kier molecular flexibility index (Phi) is 5.49. The number of quaternary nitrogens is 1. The highest BCUT2D eigenvalue weighted by Gasteiger charge is 2.39. The SMILES string of the molecule is CCOCCC[N+](CC1CO1)(OC)OC. The van der Waals surface area contributed by atoms with E-state index >= 15 is 0 Å². The van der Waals surface area contributed by atoms with Crippen LogP contribution < -0.4 is 0 Å². The van der Waals surface area contributed by atoms with Crippen LogP contribution >= 0.6 is 0 Å². The van der Waals surface area contributed by atoms with Crippen molar-refractivity contribution < 1.29 is 24.0 Å². The van der Waals surface area contributed by atoms with Crippen LogP contribution in [0.2, 0.25) is 0 Å². The van der Waals surface area contributed by atoms with Crippen molar-refractivity contribution in [2.75, 3.05) is 47.1 Å². The molecular formula is C10H22NO4+. The highest BCUT2D eigenvalue weighted by molar-refractivity contribution is 4.66. The number of hydrogen-bond donors (Lipinski definition) is 0. The number of epoxide rings is 1. The molecule has 0 saturated carbocycles. The van der Waals surface area contributed by atoms with Crippen molar-refractivity contribution in [3.05, 3.63) is 0 Å². The summed E-state index contributed by atoms with van der Waals surface area (Å²) in [5.74, 6) is 0. The van der Waals surface area contributed by atoms with E-state index < -0.39 is 0 Å². The Bertz CT molecular complexity index is 169. The van der Waals surface area contributed by atoms with Gasteiger partial charge in [-0.05, 0) is 11.7 Å². The van der Waals surface area contributed by atoms with E-state index in [0.717, 1.165) is 39.3 Å². The Morgan fingerprint density at radius 1 is 1.33 bits per heavy atom. The summed E-state index contributed by atoms with van der Waals surface area (Å²) >= 11 is 0. The fourth-order valence-corrected chi connectivity index (χ4v) is 1.53. The third-order valence-corrected chi connectivity index (χ3v) is 2.54. The number of hydrogen-bond acceptors (Lipinski definition) is 4. The van der Waals surface area contributed by atoms with E-state index in [1.807, 2.05) is 6.92 Å². The Morgan fingerprint density at radius 2 is 2.00 bits per heavy atom. The Labute approximate surface area is 91.3 Å². The molecular weight excluding hydrogens is 198 g/mol. The molecule has 0 aliphatic carbocycles. The van der Waals surface area contributed by atoms with Crippen molar-refractivity contribution in [3.63, 3.8) is 0 Å². The summed E-state index contributed by atoms with van der Waals surface area (Å²) in [4.78, 5) is 11.0. The Hall–Kier alpha value is -0.200. The van der Waals surface area contributed by atoms with Gasteiger partial charge in [0, 0.05) is 13.0 Å². The first-order chi connectivity index (χ1) is 7.26. The molecule has 0 spiro atoms. The molecule has 0 radical (unpaired) electrons. The molecule has 0 N–H and O–H groups in total. The monoisotopic (exact) mass is 220 g/mol. The average Bonchev–Trinajstić information content (AvgIpc) is 3.06. The van der Waals surface area contributed by atoms with Gasteiger partial charge in [0.15, 0.2) is 6.54 Å². The maximum absolute atomic E-state index is 5.40. The lowest BCUT2D eigenvalue weighted by molar-refractivity contribution is -1.24. The second kappa shape index (κ2) is 6.40. The molecule has 1 saturated heterocycles. The van der Waals surface area contributed by atoms with Crippen molar-refractivity contribution in [1.29, 1.82) is 0 Å². The summed E-state index contributed by atoms with van der Waals surface area (Å²) in [6, 6.07) is 0. The van der Waals surface area contributed by atoms with Crippen LogP contribution in [0.25, 0.3) is 0 Å². The van der Waals surface area contributed by atoms with E-state index in [0.29, 0.717) is 0 Å². The lowest BCUT2D eigenvalue weighted by Gasteiger charge is -2.29. The molecule has 1 fully saturated rings. The topological polar surface area (TPSA) is 40.2 Å². The van der Waals surface area contributed by atoms with E-state index in [-0.39, 0.29) is 10.9 Å². The van der Waals surface area contributed by atoms with Gasteiger partial charge in [-0.25, -0.2) is 0 Å². The molecule has 1 atom stereocenters. The molecule has 1 rings (SSSR count). The molecule has 0 aromatic rings. The van der Waals surface area contributed by atoms with Gasteiger partial charge in [0.25, 0.3) is 0 Å². The second-order valence-corrected chi connectivity index (χ2v) is 3.59. The van der Waals surface area contributed by atoms with Crippen LogP contribution in [-0.2, 0) is 19.1 Å². The summed E-state index contributed by atoms with van der Waals surface area (Å²) in [6.07, 6.45) is 1.21. The highest BCUT2D eigenvalue weighted by atomic mass is 17.0. The standard InChI is InChI=1S/C10H22NO4/c1-4-14-7-5-6-11(12-2,13-3)8-10-9-15-10/h10H,4-9H2,1-3H3/q+1. The first-order valence-electron chi connectivity index (χ1n) is 5.44. The molecule has 90 valence electrons. The van der Waals surface area contributed by atoms with Gasteiger partial charge in [0.1, 0.15) is 12.6 Å². The molecule has 1 unspecified atom stereocenters. The van der Waals surface area contributed by atoms with Gasteiger partial charge < -0.3 is 9.47 Å². The molecule has 0 amide bonds. The van der Waals surface area contributed by atoms with Crippen molar-refractivity contribution in [3.8, 4) is 0 Å². The molecule has 5 heteroatoms. The van der Waals surface area contributed by atoms with E-state index in [1.54, 1.807) is 14.2 Å². The summed E-state index contributed by atoms with van der Waals surface area (Å²) in [6.45, 7) is 5.84. The van der Waals surface area contributed by atoms with E-state index in [4.69, 9.17) is 19.1 Å². The molecule has 15 heavy (non-hydrogen) atoms. The minimum atomic E-state index is 0.192. The lowest BCUT2D eigenvalue weighted by Crippen LogP contribution is -2.49. The van der Waals surface area contributed by atoms with Gasteiger partial charge in [-0.15, -0.1) is 0 Å². The summed E-state index contributed by atoms with van der Waals surface area (Å²) in [5, 5.41) is 0. The van der Waals surface area contributed by atoms with Gasteiger partial charge in [0.05, 0.1) is 27.4 Å². The zero-order valence-corrected chi connectivity index (χ0v) is 9.90. The fraction of sp³-hybridized carbons (Fsp3) is 1.00. The third kappa shape index (κ3) is 4.44. The van der Waals surface area contributed by atoms with Crippen LogP contribution in [0.15, 0.2) is 0 Å². The maximum atomic E-state index is 5.40. The normalized spacial score (nSPS) is 20.6. The van der Waals surface area contributed by atoms with E-state index in [1.165, 1.54) is 0 Å². The van der Waals surface area contributed by atoms with Crippen LogP contribution in [0.1, 0.15) is 13.3 Å². The second-order valence-electron chi connectivity index (χ2n) is 3.59. The fourth-order valence-electron chi connectivity index (χ4n) is 1.53. The quantitative estimate of drug-likeness (QED) is 0.249. The van der Waals surface area contributed by atoms with Crippen molar-refractivity contribution in [2.24, 2.45) is 0 Å². The van der Waals surface area contributed by atoms with Gasteiger partial charge >= 0.3 is 0 Å². The van der Waals surface area contributed by atoms with Gasteiger partial charge in [-0.2, -0.15) is 9.68 Å². The van der Waals surface area contributed by atoms with Crippen molar-refractivity contribution in [2.45, 2.75) is 19.4 Å². The van der Waals surface area contributed by atoms with Crippen LogP contribution in [0.4, 0.5) is 0 Å². The van der Waals surface area contributed by atoms with Crippen LogP contribution in [0, 0.1) is 0 Å². The number of hydroxylamine groups is 4. The highest BCUT2D eigenvalue weighted by Crippen LogP contribution is 2.18. The molecule has 1 aliphatic rings. The molecule has 0 aromatic heterocycles. The van der Waals surface area contributed by atoms with Crippen LogP contribution in [-0.4, -0.2) is 58.0 Å². The van der Waals surface area contributed by atoms with Crippen LogP contribution in [0.5, 0.6) is 0 Å². The smallest absolute Gasteiger partial charge is 0.171 e. The lowest BCUT2D eigenvalue weighted by atomic mass is 10.4. The molecule has 0 bridgehead atoms. The average molecular weight is 220 g/mol. The first kappa shape index (κ1) is 12.9. The maximum Gasteiger partial charge on any atom is 0.171 e. The summed E-state index contributed by atoms with van der Waals surface area (Å²) in [7, 11) is 3.32. The van der Waals surface area contributed by atoms with Crippen LogP contribution in [0.3, 0.4) is 0 Å². The van der Waals surface area contributed by atoms with Crippen molar-refractivity contribution >= 4 is 0 Å². The predicted molar refractivity (Wildman–Crippen MR) is 54.9 cm³/mol. The minimum Gasteiger partial charge on any atom is -0.382 e. The third-order valence-electron chi connectivity index (χ3n) is 2.54. The van der Waals surface area contributed by atoms with Gasteiger partial charge in [0.2, 0.25) is 0 Å². The van der Waals surface area contributed by atoms with Gasteiger partial charge in [-0.3, -0.25) is 0 Å². The largest absolute Gasteiger partial charge is 0.382 e. The number of ether oxygens (including phenoxy) is 2. The zero-order valence-electron chi connectivity index (χ0n) is 9.90. The summed E-state index contributed by atoms with van der Waals surface area (Å²) in [5.41, 5.74) is 0. The zero-order chi connectivity index (χ0) is 11.1. The number of nitrogens with zero attached hydrogens (tertiary/aromatic N) is 1. The molecule has 1 heterocycles. The summed E-state index contributed by atoms with van der Waals surface area (Å²) < 4.78 is 10.5. The Balaban J connectivity index is 2.26. The minimum absolute atomic E-state index is 0.192. The van der Waals surface area contributed by atoms with E-state index in [9.17, 15) is 0 Å². The van der Waals surface area contributed by atoms with Gasteiger partial charge in [-0.1, -0.05) is 0 Å². The first-order valence-corrected chi connectivity index (χ1v) is 5.44. The number of rotatable bonds is 9. The molecule has 5 nitrogen and oxygen atoms in total. The molecule has 1 aliphatic heterocycles. The van der Waals surface area contributed by atoms with E-state index in [2.05, 4.69) is 0 Å². The molecule has 0 aromatic carbocycles. The van der Waals surface area contributed by atoms with Crippen molar-refractivity contribution in [1.82, 2.24) is 0 Å². The Morgan fingerprint density at radius 3 is 2.47 bits per heavy atom.